The van der Waals surface area contributed by atoms with Crippen molar-refractivity contribution >= 4 is 11.6 Å². The first-order chi connectivity index (χ1) is 10.3. The maximum atomic E-state index is 12.9. The number of carbonyl (C=O) groups excluding carboxylic acids is 1. The number of anilines is 1. The molecule has 0 aromatic heterocycles. The van der Waals surface area contributed by atoms with Crippen LogP contribution in [0.3, 0.4) is 0 Å². The summed E-state index contributed by atoms with van der Waals surface area (Å²) in [5, 5.41) is 12.7. The lowest BCUT2D eigenvalue weighted by Gasteiger charge is -2.21. The van der Waals surface area contributed by atoms with Crippen LogP contribution in [0.1, 0.15) is 16.8 Å². The van der Waals surface area contributed by atoms with E-state index in [4.69, 9.17) is 4.74 Å². The predicted molar refractivity (Wildman–Crippen MR) is 72.1 cm³/mol. The van der Waals surface area contributed by atoms with Crippen LogP contribution < -0.4 is 10.1 Å². The Morgan fingerprint density at radius 2 is 2.14 bits per heavy atom. The number of nitrogens with one attached hydrogen (secondary N) is 1. The van der Waals surface area contributed by atoms with Crippen LogP contribution in [-0.2, 0) is 0 Å². The Balaban J connectivity index is 1.95. The lowest BCUT2D eigenvalue weighted by atomic mass is 10.1. The van der Waals surface area contributed by atoms with E-state index in [-0.39, 0.29) is 36.6 Å². The van der Waals surface area contributed by atoms with Gasteiger partial charge in [0.15, 0.2) is 11.5 Å². The molecule has 22 heavy (non-hydrogen) atoms. The number of amides is 1. The van der Waals surface area contributed by atoms with Crippen LogP contribution in [0.15, 0.2) is 12.1 Å². The molecule has 1 saturated heterocycles. The molecule has 1 amide bonds. The minimum Gasteiger partial charge on any atom is -0.504 e. The van der Waals surface area contributed by atoms with Crippen LogP contribution >= 0.6 is 0 Å². The van der Waals surface area contributed by atoms with E-state index in [9.17, 15) is 23.1 Å². The average Bonchev–Trinajstić information content (AvgIpc) is 2.84. The first kappa shape index (κ1) is 14.8. The molecule has 0 unspecified atom stereocenters. The monoisotopic (exact) mass is 316 g/mol. The lowest BCUT2D eigenvalue weighted by Crippen LogP contribution is -2.37. The Morgan fingerprint density at radius 1 is 1.41 bits per heavy atom. The van der Waals surface area contributed by atoms with E-state index < -0.39 is 24.0 Å². The first-order valence-corrected chi connectivity index (χ1v) is 6.84. The Morgan fingerprint density at radius 3 is 2.77 bits per heavy atom. The van der Waals surface area contributed by atoms with Gasteiger partial charge in [0.1, 0.15) is 0 Å². The van der Waals surface area contributed by atoms with Crippen molar-refractivity contribution in [1.82, 2.24) is 4.90 Å². The molecule has 5 nitrogen and oxygen atoms in total. The highest BCUT2D eigenvalue weighted by molar-refractivity contribution is 6.01. The third-order valence-corrected chi connectivity index (χ3v) is 4.22. The van der Waals surface area contributed by atoms with Crippen molar-refractivity contribution in [3.05, 3.63) is 17.7 Å². The minimum atomic E-state index is -4.30. The Labute approximate surface area is 124 Å². The molecule has 0 bridgehead atoms. The number of rotatable bonds is 1. The quantitative estimate of drug-likeness (QED) is 0.834. The molecule has 1 fully saturated rings. The van der Waals surface area contributed by atoms with Crippen LogP contribution in [0.5, 0.6) is 11.5 Å². The number of phenols is 1. The third-order valence-electron chi connectivity index (χ3n) is 4.22. The maximum absolute atomic E-state index is 12.9. The van der Waals surface area contributed by atoms with Crippen LogP contribution in [0.25, 0.3) is 0 Å². The number of alkyl halides is 3. The second-order valence-corrected chi connectivity index (χ2v) is 5.54. The second kappa shape index (κ2) is 4.96. The molecule has 1 aromatic carbocycles. The topological polar surface area (TPSA) is 61.8 Å². The molecular formula is C14H15F3N2O3. The van der Waals surface area contributed by atoms with E-state index in [0.29, 0.717) is 5.69 Å². The van der Waals surface area contributed by atoms with Crippen molar-refractivity contribution in [2.75, 3.05) is 25.5 Å². The van der Waals surface area contributed by atoms with Crippen LogP contribution in [0, 0.1) is 5.92 Å². The number of benzene rings is 1. The zero-order valence-corrected chi connectivity index (χ0v) is 11.8. The summed E-state index contributed by atoms with van der Waals surface area (Å²) >= 11 is 0. The molecule has 1 aromatic rings. The average molecular weight is 316 g/mol. The van der Waals surface area contributed by atoms with Crippen molar-refractivity contribution in [2.45, 2.75) is 18.6 Å². The summed E-state index contributed by atoms with van der Waals surface area (Å²) < 4.78 is 43.6. The molecular weight excluding hydrogens is 301 g/mol. The zero-order chi connectivity index (χ0) is 16.1. The third kappa shape index (κ3) is 2.32. The minimum absolute atomic E-state index is 0.110. The van der Waals surface area contributed by atoms with Crippen molar-refractivity contribution in [1.29, 1.82) is 0 Å². The fraction of sp³-hybridized carbons (Fsp3) is 0.500. The number of hydrogen-bond acceptors (Lipinski definition) is 4. The molecule has 0 radical (unpaired) electrons. The van der Waals surface area contributed by atoms with Gasteiger partial charge < -0.3 is 20.1 Å². The summed E-state index contributed by atoms with van der Waals surface area (Å²) in [6.07, 6.45) is -4.42. The van der Waals surface area contributed by atoms with Crippen molar-refractivity contribution in [2.24, 2.45) is 5.92 Å². The summed E-state index contributed by atoms with van der Waals surface area (Å²) in [5.41, 5.74) is 0.612. The number of methoxy groups -OCH3 is 1. The number of carbonyl (C=O) groups is 1. The summed E-state index contributed by atoms with van der Waals surface area (Å²) in [7, 11) is 1.34. The fourth-order valence-electron chi connectivity index (χ4n) is 3.03. The van der Waals surface area contributed by atoms with Gasteiger partial charge in [0.05, 0.1) is 24.3 Å². The smallest absolute Gasteiger partial charge is 0.393 e. The highest BCUT2D eigenvalue weighted by Crippen LogP contribution is 2.40. The van der Waals surface area contributed by atoms with E-state index in [1.807, 2.05) is 0 Å². The Bertz CT molecular complexity index is 618. The normalized spacial score (nSPS) is 24.4. The summed E-state index contributed by atoms with van der Waals surface area (Å²) in [5.74, 6) is -1.99. The molecule has 3 rings (SSSR count). The molecule has 120 valence electrons. The standard InChI is InChI=1S/C14H15F3N2O3/c1-22-12-3-9-10(4-11(12)20)18-5-8-2-7(14(15,16)17)6-19(8)13(9)21/h3-4,7-8,18,20H,2,5-6H2,1H3/t7-,8+/m1/s1. The number of halogens is 3. The second-order valence-electron chi connectivity index (χ2n) is 5.54. The predicted octanol–water partition coefficient (Wildman–Crippen LogP) is 2.22. The summed E-state index contributed by atoms with van der Waals surface area (Å²) in [6.45, 7) is -0.117. The van der Waals surface area contributed by atoms with Gasteiger partial charge in [-0.3, -0.25) is 4.79 Å². The number of aromatic hydroxyl groups is 1. The molecule has 2 N–H and O–H groups in total. The number of phenolic OH excluding ortho intramolecular Hbond substituents is 1. The highest BCUT2D eigenvalue weighted by atomic mass is 19.4. The number of ether oxygens (including phenoxy) is 1. The molecule has 0 spiro atoms. The van der Waals surface area contributed by atoms with E-state index >= 15 is 0 Å². The van der Waals surface area contributed by atoms with Gasteiger partial charge in [0.2, 0.25) is 0 Å². The summed E-state index contributed by atoms with van der Waals surface area (Å²) in [6, 6.07) is 2.19. The lowest BCUT2D eigenvalue weighted by molar-refractivity contribution is -0.170. The van der Waals surface area contributed by atoms with Gasteiger partial charge in [-0.2, -0.15) is 13.2 Å². The van der Waals surface area contributed by atoms with Crippen LogP contribution in [-0.4, -0.2) is 48.3 Å². The van der Waals surface area contributed by atoms with Gasteiger partial charge in [-0.15, -0.1) is 0 Å². The van der Waals surface area contributed by atoms with Crippen molar-refractivity contribution < 1.29 is 27.8 Å². The van der Waals surface area contributed by atoms with Crippen LogP contribution in [0.2, 0.25) is 0 Å². The maximum Gasteiger partial charge on any atom is 0.393 e. The molecule has 0 aliphatic carbocycles. The first-order valence-electron chi connectivity index (χ1n) is 6.84. The molecule has 2 aliphatic rings. The van der Waals surface area contributed by atoms with Gasteiger partial charge >= 0.3 is 6.18 Å². The van der Waals surface area contributed by atoms with Crippen molar-refractivity contribution in [3.63, 3.8) is 0 Å². The summed E-state index contributed by atoms with van der Waals surface area (Å²) in [4.78, 5) is 13.8. The van der Waals surface area contributed by atoms with E-state index in [0.717, 1.165) is 0 Å². The Kier molecular flexibility index (Phi) is 3.34. The molecule has 2 aliphatic heterocycles. The fourth-order valence-corrected chi connectivity index (χ4v) is 3.03. The Hall–Kier alpha value is -2.12. The number of nitrogens with zero attached hydrogens (tertiary/aromatic N) is 1. The molecule has 8 heteroatoms. The van der Waals surface area contributed by atoms with E-state index in [1.165, 1.54) is 24.1 Å². The highest BCUT2D eigenvalue weighted by Gasteiger charge is 2.49. The van der Waals surface area contributed by atoms with Gasteiger partial charge in [0.25, 0.3) is 5.91 Å². The zero-order valence-electron chi connectivity index (χ0n) is 11.8. The van der Waals surface area contributed by atoms with E-state index in [2.05, 4.69) is 5.32 Å². The number of fused-ring (bicyclic) bond motifs is 2. The number of hydrogen-bond donors (Lipinski definition) is 2. The van der Waals surface area contributed by atoms with Crippen molar-refractivity contribution in [3.8, 4) is 11.5 Å². The molecule has 0 saturated carbocycles. The molecule has 2 heterocycles. The largest absolute Gasteiger partial charge is 0.504 e. The van der Waals surface area contributed by atoms with Crippen LogP contribution in [0.4, 0.5) is 18.9 Å². The van der Waals surface area contributed by atoms with Gasteiger partial charge in [-0.05, 0) is 12.5 Å². The van der Waals surface area contributed by atoms with E-state index in [1.54, 1.807) is 0 Å². The van der Waals surface area contributed by atoms with Gasteiger partial charge in [0, 0.05) is 25.2 Å². The SMILES string of the molecule is COc1cc2c(cc1O)NC[C@@H]1C[C@@H](C(F)(F)F)CN1C2=O. The van der Waals surface area contributed by atoms with Gasteiger partial charge in [-0.25, -0.2) is 0 Å². The molecule has 2 atom stereocenters. The van der Waals surface area contributed by atoms with Gasteiger partial charge in [-0.1, -0.05) is 0 Å².